The van der Waals surface area contributed by atoms with E-state index in [1.807, 2.05) is 0 Å². The van der Waals surface area contributed by atoms with E-state index in [2.05, 4.69) is 23.2 Å². The van der Waals surface area contributed by atoms with Crippen LogP contribution in [0.1, 0.15) is 0 Å². The number of carboxylic acids is 1. The molecule has 0 aliphatic carbocycles. The van der Waals surface area contributed by atoms with Crippen LogP contribution < -0.4 is 5.11 Å². The first-order chi connectivity index (χ1) is 2.94. The zero-order chi connectivity index (χ0) is 6.08. The summed E-state index contributed by atoms with van der Waals surface area (Å²) in [5.74, 6) is -2.14. The first-order valence-corrected chi connectivity index (χ1v) is 1.98. The van der Waals surface area contributed by atoms with E-state index in [-0.39, 0.29) is 29.6 Å². The van der Waals surface area contributed by atoms with E-state index in [4.69, 9.17) is 0 Å². The van der Waals surface area contributed by atoms with Gasteiger partial charge in [0, 0.05) is 29.6 Å². The first kappa shape index (κ1) is 11.7. The zero-order valence-electron chi connectivity index (χ0n) is 3.95. The SMILES string of the molecule is O=C([O-])C(F)(Cl)Cl.[Na]. The van der Waals surface area contributed by atoms with Gasteiger partial charge in [-0.15, -0.1) is 0 Å². The van der Waals surface area contributed by atoms with Gasteiger partial charge in [-0.1, -0.05) is 23.2 Å². The summed E-state index contributed by atoms with van der Waals surface area (Å²) in [5.41, 5.74) is 0. The normalized spacial score (nSPS) is 9.88. The number of hydrogen-bond acceptors (Lipinski definition) is 2. The van der Waals surface area contributed by atoms with Crippen molar-refractivity contribution in [2.24, 2.45) is 0 Å². The summed E-state index contributed by atoms with van der Waals surface area (Å²) in [6.07, 6.45) is 0. The van der Waals surface area contributed by atoms with Crippen molar-refractivity contribution in [3.63, 3.8) is 0 Å². The third-order valence-electron chi connectivity index (χ3n) is 0.231. The van der Waals surface area contributed by atoms with E-state index in [0.29, 0.717) is 0 Å². The van der Waals surface area contributed by atoms with Gasteiger partial charge in [0.25, 0.3) is 4.59 Å². The first-order valence-electron chi connectivity index (χ1n) is 1.23. The molecule has 0 bridgehead atoms. The van der Waals surface area contributed by atoms with Gasteiger partial charge in [-0.2, -0.15) is 0 Å². The van der Waals surface area contributed by atoms with Gasteiger partial charge in [0.1, 0.15) is 5.97 Å². The average Bonchev–Trinajstić information content (AvgIpc) is 1.31. The predicted octanol–water partition coefficient (Wildman–Crippen LogP) is -0.544. The fraction of sp³-hybridized carbons (Fsp3) is 0.500. The van der Waals surface area contributed by atoms with Crippen LogP contribution in [0.15, 0.2) is 0 Å². The quantitative estimate of drug-likeness (QED) is 0.390. The number of carboxylic acid groups (broad SMARTS) is 1. The van der Waals surface area contributed by atoms with Crippen molar-refractivity contribution < 1.29 is 14.3 Å². The number of carbonyl (C=O) groups is 1. The van der Waals surface area contributed by atoms with Crippen molar-refractivity contribution in [1.29, 1.82) is 0 Å². The Labute approximate surface area is 77.2 Å². The van der Waals surface area contributed by atoms with Gasteiger partial charge in [-0.05, 0) is 0 Å². The molecule has 2 nitrogen and oxygen atoms in total. The molecule has 0 atom stereocenters. The number of aliphatic carboxylic acids is 1. The second kappa shape index (κ2) is 3.90. The molecule has 6 heteroatoms. The maximum absolute atomic E-state index is 11.4. The molecule has 0 spiro atoms. The third-order valence-corrected chi connectivity index (χ3v) is 0.540. The van der Waals surface area contributed by atoms with Crippen LogP contribution in [-0.4, -0.2) is 40.1 Å². The van der Waals surface area contributed by atoms with Gasteiger partial charge >= 0.3 is 0 Å². The fourth-order valence-electron chi connectivity index (χ4n) is 0. The molecule has 0 heterocycles. The molecule has 0 fully saturated rings. The standard InChI is InChI=1S/C2HCl2FO2.Na/c3-2(4,5)1(6)7;/h(H,6,7);/p-1. The van der Waals surface area contributed by atoms with Crippen LogP contribution in [0.25, 0.3) is 0 Å². The maximum atomic E-state index is 11.4. The van der Waals surface area contributed by atoms with Gasteiger partial charge < -0.3 is 9.90 Å². The third kappa shape index (κ3) is 5.12. The number of hydrogen-bond donors (Lipinski definition) is 0. The van der Waals surface area contributed by atoms with Crippen molar-refractivity contribution in [3.05, 3.63) is 0 Å². The van der Waals surface area contributed by atoms with E-state index in [1.54, 1.807) is 0 Å². The van der Waals surface area contributed by atoms with Crippen molar-refractivity contribution in [3.8, 4) is 0 Å². The molecule has 0 amide bonds. The maximum Gasteiger partial charge on any atom is 0.297 e. The van der Waals surface area contributed by atoms with E-state index in [0.717, 1.165) is 0 Å². The van der Waals surface area contributed by atoms with Crippen LogP contribution in [0.3, 0.4) is 0 Å². The molecule has 0 aromatic carbocycles. The predicted molar refractivity (Wildman–Crippen MR) is 26.3 cm³/mol. The van der Waals surface area contributed by atoms with E-state index in [1.165, 1.54) is 0 Å². The molecule has 0 rings (SSSR count). The molecule has 0 saturated carbocycles. The second-order valence-corrected chi connectivity index (χ2v) is 2.02. The Morgan fingerprint density at radius 3 is 1.75 bits per heavy atom. The monoisotopic (exact) mass is 168 g/mol. The van der Waals surface area contributed by atoms with Crippen LogP contribution >= 0.6 is 23.2 Å². The fourth-order valence-corrected chi connectivity index (χ4v) is 0. The van der Waals surface area contributed by atoms with Crippen LogP contribution in [0.2, 0.25) is 0 Å². The number of halogens is 3. The summed E-state index contributed by atoms with van der Waals surface area (Å²) in [6.45, 7) is 0. The van der Waals surface area contributed by atoms with Crippen molar-refractivity contribution >= 4 is 58.7 Å². The minimum atomic E-state index is -3.25. The van der Waals surface area contributed by atoms with Crippen molar-refractivity contribution in [2.75, 3.05) is 0 Å². The number of rotatable bonds is 1. The van der Waals surface area contributed by atoms with Crippen LogP contribution in [-0.2, 0) is 4.79 Å². The molecule has 0 aliphatic rings. The minimum Gasteiger partial charge on any atom is -0.544 e. The summed E-state index contributed by atoms with van der Waals surface area (Å²) in [7, 11) is 0. The summed E-state index contributed by atoms with van der Waals surface area (Å²) in [6, 6.07) is 0. The molecule has 1 radical (unpaired) electrons. The van der Waals surface area contributed by atoms with E-state index >= 15 is 0 Å². The van der Waals surface area contributed by atoms with E-state index < -0.39 is 10.6 Å². The Kier molecular flexibility index (Phi) is 5.73. The van der Waals surface area contributed by atoms with Crippen LogP contribution in [0.5, 0.6) is 0 Å². The Morgan fingerprint density at radius 2 is 1.75 bits per heavy atom. The smallest absolute Gasteiger partial charge is 0.297 e. The number of carbonyl (C=O) groups excluding carboxylic acids is 1. The molecule has 0 aromatic rings. The minimum absolute atomic E-state index is 0. The van der Waals surface area contributed by atoms with Crippen molar-refractivity contribution in [2.45, 2.75) is 4.59 Å². The molecule has 0 aliphatic heterocycles. The van der Waals surface area contributed by atoms with Gasteiger partial charge in [-0.3, -0.25) is 0 Å². The van der Waals surface area contributed by atoms with Crippen LogP contribution in [0.4, 0.5) is 4.39 Å². The van der Waals surface area contributed by atoms with E-state index in [9.17, 15) is 14.3 Å². The molecule has 8 heavy (non-hydrogen) atoms. The second-order valence-electron chi connectivity index (χ2n) is 0.785. The molecular weight excluding hydrogens is 169 g/mol. The van der Waals surface area contributed by atoms with Gasteiger partial charge in [0.15, 0.2) is 0 Å². The summed E-state index contributed by atoms with van der Waals surface area (Å²) < 4.78 is 8.13. The molecule has 0 N–H and O–H groups in total. The molecular formula is C2Cl2FNaO2-. The largest absolute Gasteiger partial charge is 0.544 e. The summed E-state index contributed by atoms with van der Waals surface area (Å²) >= 11 is 8.61. The molecule has 0 unspecified atom stereocenters. The summed E-state index contributed by atoms with van der Waals surface area (Å²) in [4.78, 5) is 9.27. The number of alkyl halides is 3. The van der Waals surface area contributed by atoms with Gasteiger partial charge in [0.05, 0.1) is 0 Å². The Balaban J connectivity index is 0. The molecule has 0 saturated heterocycles. The van der Waals surface area contributed by atoms with Crippen molar-refractivity contribution in [1.82, 2.24) is 0 Å². The molecule has 43 valence electrons. The molecule has 0 aromatic heterocycles. The summed E-state index contributed by atoms with van der Waals surface area (Å²) in [5, 5.41) is 9.27. The zero-order valence-corrected chi connectivity index (χ0v) is 7.46. The Bertz CT molecular complexity index is 90.5. The van der Waals surface area contributed by atoms with Gasteiger partial charge in [-0.25, -0.2) is 4.39 Å². The topological polar surface area (TPSA) is 40.1 Å². The average molecular weight is 169 g/mol. The Morgan fingerprint density at radius 1 is 1.62 bits per heavy atom. The van der Waals surface area contributed by atoms with Gasteiger partial charge in [0.2, 0.25) is 0 Å². The van der Waals surface area contributed by atoms with Crippen LogP contribution in [0, 0.1) is 0 Å². The Hall–Kier alpha value is 0.980.